The first-order chi connectivity index (χ1) is 15.1. The van der Waals surface area contributed by atoms with E-state index in [9.17, 15) is 19.2 Å². The largest absolute Gasteiger partial charge is 0.469 e. The van der Waals surface area contributed by atoms with Crippen LogP contribution in [-0.2, 0) is 38.1 Å². The number of ether oxygens (including phenoxy) is 4. The minimum absolute atomic E-state index is 0.112. The summed E-state index contributed by atoms with van der Waals surface area (Å²) in [6.45, 7) is 6.48. The summed E-state index contributed by atoms with van der Waals surface area (Å²) in [5.41, 5.74) is -1.91. The van der Waals surface area contributed by atoms with Crippen molar-refractivity contribution in [3.63, 3.8) is 0 Å². The molecular formula is C24H30O8. The fourth-order valence-corrected chi connectivity index (χ4v) is 8.72. The van der Waals surface area contributed by atoms with Gasteiger partial charge >= 0.3 is 23.9 Å². The average molecular weight is 446 g/mol. The lowest BCUT2D eigenvalue weighted by Gasteiger charge is -2.55. The molecular weight excluding hydrogens is 416 g/mol. The number of rotatable bonds is 2. The first-order valence-corrected chi connectivity index (χ1v) is 11.3. The van der Waals surface area contributed by atoms with Gasteiger partial charge in [0.1, 0.15) is 5.60 Å². The first-order valence-electron chi connectivity index (χ1n) is 11.3. The van der Waals surface area contributed by atoms with Crippen LogP contribution in [0.2, 0.25) is 0 Å². The fraction of sp³-hybridized carbons (Fsp3) is 0.750. The van der Waals surface area contributed by atoms with Crippen molar-refractivity contribution < 1.29 is 38.1 Å². The predicted octanol–water partition coefficient (Wildman–Crippen LogP) is 2.34. The van der Waals surface area contributed by atoms with E-state index in [2.05, 4.69) is 11.3 Å². The first kappa shape index (κ1) is 21.5. The van der Waals surface area contributed by atoms with Crippen molar-refractivity contribution in [2.75, 3.05) is 20.8 Å². The highest BCUT2D eigenvalue weighted by molar-refractivity contribution is 6.29. The molecule has 7 atom stereocenters. The number of hydrogen-bond acceptors (Lipinski definition) is 8. The van der Waals surface area contributed by atoms with Crippen molar-refractivity contribution in [3.8, 4) is 0 Å². The van der Waals surface area contributed by atoms with Gasteiger partial charge in [-0.15, -0.1) is 0 Å². The maximum absolute atomic E-state index is 13.4. The van der Waals surface area contributed by atoms with Gasteiger partial charge in [0.25, 0.3) is 0 Å². The van der Waals surface area contributed by atoms with E-state index in [4.69, 9.17) is 14.2 Å². The lowest BCUT2D eigenvalue weighted by Crippen LogP contribution is -2.58. The molecule has 8 heteroatoms. The van der Waals surface area contributed by atoms with E-state index < -0.39 is 34.3 Å². The monoisotopic (exact) mass is 446 g/mol. The zero-order valence-electron chi connectivity index (χ0n) is 18.9. The number of carbonyl (C=O) groups excluding carboxylic acids is 4. The van der Waals surface area contributed by atoms with Crippen LogP contribution in [0.3, 0.4) is 0 Å². The molecule has 8 nitrogen and oxygen atoms in total. The molecule has 4 saturated carbocycles. The van der Waals surface area contributed by atoms with Crippen LogP contribution in [0.15, 0.2) is 12.2 Å². The van der Waals surface area contributed by atoms with Crippen LogP contribution in [0, 0.1) is 34.0 Å². The minimum atomic E-state index is -1.05. The third-order valence-electron chi connectivity index (χ3n) is 9.66. The molecule has 0 N–H and O–H groups in total. The Morgan fingerprint density at radius 3 is 2.50 bits per heavy atom. The predicted molar refractivity (Wildman–Crippen MR) is 109 cm³/mol. The quantitative estimate of drug-likeness (QED) is 0.275. The SMILES string of the molecule is C=C1C[C@]23C[C@@]1(OC(=O)C(=O)OC)CC[C@H]2[C@@]12CCC[C@@](C)(C(=O)OC1)[C@H]2[C@@H]3C(=O)OC. The van der Waals surface area contributed by atoms with Crippen LogP contribution in [0.4, 0.5) is 0 Å². The van der Waals surface area contributed by atoms with Crippen LogP contribution in [-0.4, -0.2) is 50.3 Å². The normalized spacial score (nSPS) is 45.9. The Bertz CT molecular complexity index is 940. The zero-order valence-corrected chi connectivity index (χ0v) is 18.9. The molecule has 0 amide bonds. The second-order valence-electron chi connectivity index (χ2n) is 10.7. The van der Waals surface area contributed by atoms with Crippen LogP contribution in [0.25, 0.3) is 0 Å². The van der Waals surface area contributed by atoms with E-state index in [1.54, 1.807) is 0 Å². The topological polar surface area (TPSA) is 105 Å². The Balaban J connectivity index is 1.63. The van der Waals surface area contributed by atoms with E-state index in [1.165, 1.54) is 7.11 Å². The molecule has 4 bridgehead atoms. The molecule has 5 fully saturated rings. The highest BCUT2D eigenvalue weighted by Gasteiger charge is 2.80. The third kappa shape index (κ3) is 2.33. The molecule has 1 aliphatic heterocycles. The van der Waals surface area contributed by atoms with E-state index in [0.29, 0.717) is 44.3 Å². The molecule has 174 valence electrons. The van der Waals surface area contributed by atoms with Gasteiger partial charge in [-0.2, -0.15) is 0 Å². The van der Waals surface area contributed by atoms with E-state index in [-0.39, 0.29) is 29.2 Å². The van der Waals surface area contributed by atoms with Gasteiger partial charge in [-0.1, -0.05) is 13.0 Å². The number of fused-ring (bicyclic) bond motifs is 1. The minimum Gasteiger partial charge on any atom is -0.469 e. The summed E-state index contributed by atoms with van der Waals surface area (Å²) in [4.78, 5) is 50.5. The summed E-state index contributed by atoms with van der Waals surface area (Å²) in [5, 5.41) is 0. The van der Waals surface area contributed by atoms with Crippen LogP contribution in [0.5, 0.6) is 0 Å². The van der Waals surface area contributed by atoms with Crippen molar-refractivity contribution in [1.29, 1.82) is 0 Å². The lowest BCUT2D eigenvalue weighted by atomic mass is 9.51. The van der Waals surface area contributed by atoms with Gasteiger partial charge < -0.3 is 18.9 Å². The molecule has 32 heavy (non-hydrogen) atoms. The summed E-state index contributed by atoms with van der Waals surface area (Å²) < 4.78 is 21.4. The summed E-state index contributed by atoms with van der Waals surface area (Å²) in [5.74, 6) is -3.26. The van der Waals surface area contributed by atoms with Crippen molar-refractivity contribution >= 4 is 23.9 Å². The molecule has 1 heterocycles. The van der Waals surface area contributed by atoms with Gasteiger partial charge in [0.2, 0.25) is 0 Å². The van der Waals surface area contributed by atoms with Gasteiger partial charge in [-0.25, -0.2) is 9.59 Å². The molecule has 0 aromatic heterocycles. The molecule has 0 aromatic carbocycles. The average Bonchev–Trinajstić information content (AvgIpc) is 3.15. The highest BCUT2D eigenvalue weighted by Crippen LogP contribution is 2.79. The maximum atomic E-state index is 13.4. The number of esters is 4. The van der Waals surface area contributed by atoms with Gasteiger partial charge in [-0.05, 0) is 68.3 Å². The summed E-state index contributed by atoms with van der Waals surface area (Å²) in [6, 6.07) is 0. The molecule has 1 saturated heterocycles. The molecule has 1 spiro atoms. The second kappa shape index (κ2) is 6.58. The van der Waals surface area contributed by atoms with Crippen LogP contribution in [0.1, 0.15) is 51.9 Å². The Morgan fingerprint density at radius 2 is 1.81 bits per heavy atom. The molecule has 0 radical (unpaired) electrons. The Hall–Kier alpha value is -2.38. The highest BCUT2D eigenvalue weighted by atomic mass is 16.6. The molecule has 5 rings (SSSR count). The van der Waals surface area contributed by atoms with E-state index in [1.807, 2.05) is 6.92 Å². The van der Waals surface area contributed by atoms with Crippen molar-refractivity contribution in [2.45, 2.75) is 57.5 Å². The smallest absolute Gasteiger partial charge is 0.418 e. The van der Waals surface area contributed by atoms with E-state index in [0.717, 1.165) is 20.0 Å². The number of methoxy groups -OCH3 is 2. The number of hydrogen-bond donors (Lipinski definition) is 0. The molecule has 4 aliphatic carbocycles. The lowest BCUT2D eigenvalue weighted by molar-refractivity contribution is -0.201. The standard InChI is InChI=1S/C24H30O8/c1-13-10-23-11-24(13,32-19(27)18(26)30-4)9-6-14(23)22-8-5-7-21(2,20(28)31-12-22)16(22)15(23)17(25)29-3/h14-16H,1,5-12H2,2-4H3/t14-,15+,16+,21+,22+,23-,24-/m0/s1. The van der Waals surface area contributed by atoms with Gasteiger partial charge in [-0.3, -0.25) is 9.59 Å². The van der Waals surface area contributed by atoms with Gasteiger partial charge in [0.05, 0.1) is 32.2 Å². The van der Waals surface area contributed by atoms with Crippen molar-refractivity contribution in [2.24, 2.45) is 34.0 Å². The van der Waals surface area contributed by atoms with Gasteiger partial charge in [0, 0.05) is 5.41 Å². The fourth-order valence-electron chi connectivity index (χ4n) is 8.72. The second-order valence-corrected chi connectivity index (χ2v) is 10.7. The number of carbonyl (C=O) groups is 4. The third-order valence-corrected chi connectivity index (χ3v) is 9.66. The summed E-state index contributed by atoms with van der Waals surface area (Å²) in [7, 11) is 2.52. The Morgan fingerprint density at radius 1 is 1.06 bits per heavy atom. The Labute approximate surface area is 187 Å². The molecule has 0 unspecified atom stereocenters. The summed E-state index contributed by atoms with van der Waals surface area (Å²) >= 11 is 0. The Kier molecular flexibility index (Phi) is 4.41. The van der Waals surface area contributed by atoms with Crippen molar-refractivity contribution in [1.82, 2.24) is 0 Å². The molecule has 0 aromatic rings. The van der Waals surface area contributed by atoms with Gasteiger partial charge in [0.15, 0.2) is 0 Å². The molecule has 5 aliphatic rings. The van der Waals surface area contributed by atoms with E-state index >= 15 is 0 Å². The van der Waals surface area contributed by atoms with Crippen molar-refractivity contribution in [3.05, 3.63) is 12.2 Å². The van der Waals surface area contributed by atoms with Crippen LogP contribution < -0.4 is 0 Å². The summed E-state index contributed by atoms with van der Waals surface area (Å²) in [6.07, 6.45) is 4.59. The number of cyclic esters (lactones) is 1. The van der Waals surface area contributed by atoms with Crippen LogP contribution >= 0.6 is 0 Å². The maximum Gasteiger partial charge on any atom is 0.418 e. The zero-order chi connectivity index (χ0) is 23.1.